The van der Waals surface area contributed by atoms with Crippen LogP contribution in [0.25, 0.3) is 0 Å². The first-order valence-corrected chi connectivity index (χ1v) is 7.18. The van der Waals surface area contributed by atoms with Crippen LogP contribution in [0.3, 0.4) is 0 Å². The Hall–Kier alpha value is -2.08. The zero-order valence-electron chi connectivity index (χ0n) is 11.5. The van der Waals surface area contributed by atoms with Crippen molar-refractivity contribution in [2.45, 2.75) is 20.4 Å². The molecule has 0 saturated heterocycles. The van der Waals surface area contributed by atoms with Gasteiger partial charge in [-0.3, -0.25) is 0 Å². The minimum atomic E-state index is -0.971. The molecular formula is C14H17N3O2S. The van der Waals surface area contributed by atoms with Crippen LogP contribution in [0.1, 0.15) is 28.0 Å². The third-order valence-electron chi connectivity index (χ3n) is 3.02. The summed E-state index contributed by atoms with van der Waals surface area (Å²) in [6.07, 6.45) is 0. The summed E-state index contributed by atoms with van der Waals surface area (Å²) in [6.45, 7) is 5.44. The van der Waals surface area contributed by atoms with Crippen molar-refractivity contribution >= 4 is 28.7 Å². The highest BCUT2D eigenvalue weighted by molar-refractivity contribution is 7.09. The monoisotopic (exact) mass is 291 g/mol. The Balaban J connectivity index is 2.25. The van der Waals surface area contributed by atoms with Crippen molar-refractivity contribution in [3.05, 3.63) is 39.8 Å². The number of carboxylic acids is 1. The molecule has 0 amide bonds. The average Bonchev–Trinajstić information content (AvgIpc) is 2.81. The first-order chi connectivity index (χ1) is 9.51. The quantitative estimate of drug-likeness (QED) is 0.828. The number of aromatic carboxylic acids is 1. The van der Waals surface area contributed by atoms with Crippen LogP contribution in [0.2, 0.25) is 0 Å². The average molecular weight is 291 g/mol. The Kier molecular flexibility index (Phi) is 4.24. The third kappa shape index (κ3) is 3.08. The molecule has 20 heavy (non-hydrogen) atoms. The van der Waals surface area contributed by atoms with E-state index in [2.05, 4.69) is 9.88 Å². The number of benzene rings is 1. The second-order valence-corrected chi connectivity index (χ2v) is 5.51. The van der Waals surface area contributed by atoms with Gasteiger partial charge < -0.3 is 15.7 Å². The van der Waals surface area contributed by atoms with E-state index in [1.54, 1.807) is 23.5 Å². The van der Waals surface area contributed by atoms with E-state index in [0.29, 0.717) is 12.2 Å². The van der Waals surface area contributed by atoms with Crippen LogP contribution in [-0.2, 0) is 6.54 Å². The van der Waals surface area contributed by atoms with E-state index in [1.165, 1.54) is 6.07 Å². The lowest BCUT2D eigenvalue weighted by Crippen LogP contribution is -2.23. The summed E-state index contributed by atoms with van der Waals surface area (Å²) in [5, 5.41) is 12.0. The smallest absolute Gasteiger partial charge is 0.335 e. The van der Waals surface area contributed by atoms with Crippen LogP contribution in [-0.4, -0.2) is 22.6 Å². The van der Waals surface area contributed by atoms with E-state index in [0.717, 1.165) is 22.9 Å². The van der Waals surface area contributed by atoms with Gasteiger partial charge in [-0.2, -0.15) is 0 Å². The Bertz CT molecular complexity index is 625. The zero-order valence-corrected chi connectivity index (χ0v) is 12.3. The lowest BCUT2D eigenvalue weighted by Gasteiger charge is -2.24. The van der Waals surface area contributed by atoms with Crippen molar-refractivity contribution in [1.82, 2.24) is 4.98 Å². The third-order valence-corrected chi connectivity index (χ3v) is 3.84. The van der Waals surface area contributed by atoms with Crippen LogP contribution < -0.4 is 10.6 Å². The highest BCUT2D eigenvalue weighted by atomic mass is 32.1. The Labute approximate surface area is 121 Å². The second-order valence-electron chi connectivity index (χ2n) is 4.45. The van der Waals surface area contributed by atoms with Gasteiger partial charge in [0.05, 0.1) is 34.2 Å². The van der Waals surface area contributed by atoms with Gasteiger partial charge in [-0.25, -0.2) is 9.78 Å². The molecule has 0 spiro atoms. The van der Waals surface area contributed by atoms with Gasteiger partial charge in [-0.15, -0.1) is 11.3 Å². The molecular weight excluding hydrogens is 274 g/mol. The number of carboxylic acid groups (broad SMARTS) is 1. The normalized spacial score (nSPS) is 10.5. The molecule has 106 valence electrons. The minimum Gasteiger partial charge on any atom is -0.478 e. The predicted octanol–water partition coefficient (Wildman–Crippen LogP) is 2.76. The summed E-state index contributed by atoms with van der Waals surface area (Å²) in [4.78, 5) is 17.4. The number of nitrogens with zero attached hydrogens (tertiary/aromatic N) is 2. The Morgan fingerprint density at radius 2 is 2.25 bits per heavy atom. The summed E-state index contributed by atoms with van der Waals surface area (Å²) < 4.78 is 0. The maximum absolute atomic E-state index is 10.9. The molecule has 3 N–H and O–H groups in total. The lowest BCUT2D eigenvalue weighted by molar-refractivity contribution is 0.0697. The molecule has 0 atom stereocenters. The molecule has 0 unspecified atom stereocenters. The fourth-order valence-corrected chi connectivity index (χ4v) is 2.62. The van der Waals surface area contributed by atoms with Gasteiger partial charge in [-0.1, -0.05) is 0 Å². The molecule has 0 fully saturated rings. The molecule has 0 radical (unpaired) electrons. The highest BCUT2D eigenvalue weighted by Crippen LogP contribution is 2.26. The minimum absolute atomic E-state index is 0.201. The van der Waals surface area contributed by atoms with Gasteiger partial charge in [0.1, 0.15) is 0 Å². The summed E-state index contributed by atoms with van der Waals surface area (Å²) in [6, 6.07) is 4.82. The number of nitrogen functional groups attached to an aromatic ring is 1. The largest absolute Gasteiger partial charge is 0.478 e. The molecule has 1 aromatic carbocycles. The number of carbonyl (C=O) groups is 1. The van der Waals surface area contributed by atoms with Gasteiger partial charge >= 0.3 is 5.97 Å². The molecule has 1 aromatic heterocycles. The van der Waals surface area contributed by atoms with E-state index in [4.69, 9.17) is 10.8 Å². The lowest BCUT2D eigenvalue weighted by atomic mass is 10.1. The molecule has 0 aliphatic carbocycles. The summed E-state index contributed by atoms with van der Waals surface area (Å²) in [5.74, 6) is -0.971. The molecule has 6 heteroatoms. The highest BCUT2D eigenvalue weighted by Gasteiger charge is 2.12. The van der Waals surface area contributed by atoms with Crippen LogP contribution in [0.15, 0.2) is 23.6 Å². The van der Waals surface area contributed by atoms with E-state index in [1.807, 2.05) is 19.2 Å². The summed E-state index contributed by atoms with van der Waals surface area (Å²) >= 11 is 1.62. The molecule has 2 rings (SSSR count). The van der Waals surface area contributed by atoms with Crippen molar-refractivity contribution in [3.8, 4) is 0 Å². The number of nitrogens with two attached hydrogens (primary N) is 1. The number of aryl methyl sites for hydroxylation is 1. The van der Waals surface area contributed by atoms with Gasteiger partial charge in [-0.05, 0) is 32.0 Å². The molecule has 0 saturated carbocycles. The van der Waals surface area contributed by atoms with E-state index in [9.17, 15) is 4.79 Å². The molecule has 5 nitrogen and oxygen atoms in total. The summed E-state index contributed by atoms with van der Waals surface area (Å²) in [5.41, 5.74) is 8.48. The van der Waals surface area contributed by atoms with Crippen molar-refractivity contribution in [3.63, 3.8) is 0 Å². The van der Waals surface area contributed by atoms with E-state index >= 15 is 0 Å². The van der Waals surface area contributed by atoms with Crippen molar-refractivity contribution < 1.29 is 9.90 Å². The van der Waals surface area contributed by atoms with Crippen molar-refractivity contribution in [1.29, 1.82) is 0 Å². The first kappa shape index (κ1) is 14.3. The van der Waals surface area contributed by atoms with E-state index in [-0.39, 0.29) is 5.56 Å². The molecule has 1 heterocycles. The first-order valence-electron chi connectivity index (χ1n) is 6.30. The van der Waals surface area contributed by atoms with Crippen molar-refractivity contribution in [2.24, 2.45) is 0 Å². The standard InChI is InChI=1S/C14H17N3O2S/c1-3-17(7-11-8-20-9(2)16-11)13-5-4-10(14(18)19)6-12(13)15/h4-6,8H,3,7,15H2,1-2H3,(H,18,19). The maximum Gasteiger partial charge on any atom is 0.335 e. The number of hydrogen-bond donors (Lipinski definition) is 2. The molecule has 0 aliphatic rings. The summed E-state index contributed by atoms with van der Waals surface area (Å²) in [7, 11) is 0. The maximum atomic E-state index is 10.9. The Morgan fingerprint density at radius 1 is 1.50 bits per heavy atom. The molecule has 0 bridgehead atoms. The second kappa shape index (κ2) is 5.92. The molecule has 0 aliphatic heterocycles. The van der Waals surface area contributed by atoms with E-state index < -0.39 is 5.97 Å². The number of anilines is 2. The zero-order chi connectivity index (χ0) is 14.7. The van der Waals surface area contributed by atoms with Crippen LogP contribution >= 0.6 is 11.3 Å². The van der Waals surface area contributed by atoms with Crippen molar-refractivity contribution in [2.75, 3.05) is 17.2 Å². The van der Waals surface area contributed by atoms with Gasteiger partial charge in [0.15, 0.2) is 0 Å². The number of hydrogen-bond acceptors (Lipinski definition) is 5. The number of rotatable bonds is 5. The van der Waals surface area contributed by atoms with Crippen LogP contribution in [0, 0.1) is 6.92 Å². The fraction of sp³-hybridized carbons (Fsp3) is 0.286. The van der Waals surface area contributed by atoms with Gasteiger partial charge in [0.25, 0.3) is 0 Å². The number of aromatic nitrogens is 1. The van der Waals surface area contributed by atoms with Gasteiger partial charge in [0.2, 0.25) is 0 Å². The topological polar surface area (TPSA) is 79.5 Å². The number of thiazole rings is 1. The van der Waals surface area contributed by atoms with Gasteiger partial charge in [0, 0.05) is 11.9 Å². The predicted molar refractivity (Wildman–Crippen MR) is 81.4 cm³/mol. The van der Waals surface area contributed by atoms with Crippen LogP contribution in [0.5, 0.6) is 0 Å². The Morgan fingerprint density at radius 3 is 2.75 bits per heavy atom. The molecule has 2 aromatic rings. The van der Waals surface area contributed by atoms with Crippen LogP contribution in [0.4, 0.5) is 11.4 Å². The SMILES string of the molecule is CCN(Cc1csc(C)n1)c1ccc(C(=O)O)cc1N. The fourth-order valence-electron chi connectivity index (χ4n) is 2.02.